The smallest absolute Gasteiger partial charge is 0.0599 e. The number of rotatable bonds is 6. The van der Waals surface area contributed by atoms with Gasteiger partial charge in [0, 0.05) is 25.2 Å². The van der Waals surface area contributed by atoms with E-state index in [4.69, 9.17) is 10.8 Å². The van der Waals surface area contributed by atoms with Gasteiger partial charge < -0.3 is 10.8 Å². The third-order valence-electron chi connectivity index (χ3n) is 2.19. The number of hydrogen-bond donors (Lipinski definition) is 2. The van der Waals surface area contributed by atoms with Gasteiger partial charge >= 0.3 is 0 Å². The van der Waals surface area contributed by atoms with Gasteiger partial charge in [0.25, 0.3) is 0 Å². The molecule has 0 fully saturated rings. The summed E-state index contributed by atoms with van der Waals surface area (Å²) in [5.41, 5.74) is 5.60. The summed E-state index contributed by atoms with van der Waals surface area (Å²) in [5, 5.41) is 9.14. The highest BCUT2D eigenvalue weighted by Gasteiger charge is 2.19. The zero-order valence-electron chi connectivity index (χ0n) is 9.33. The summed E-state index contributed by atoms with van der Waals surface area (Å²) in [7, 11) is 0. The average molecular weight is 188 g/mol. The lowest BCUT2D eigenvalue weighted by Gasteiger charge is -2.34. The van der Waals surface area contributed by atoms with Crippen molar-refractivity contribution in [2.45, 2.75) is 39.8 Å². The molecular weight excluding hydrogens is 164 g/mol. The molecule has 1 unspecified atom stereocenters. The molecule has 0 saturated carbocycles. The number of nitrogens with zero attached hydrogens (tertiary/aromatic N) is 1. The highest BCUT2D eigenvalue weighted by Crippen LogP contribution is 2.08. The molecule has 0 aromatic rings. The van der Waals surface area contributed by atoms with Crippen molar-refractivity contribution in [2.75, 3.05) is 19.7 Å². The van der Waals surface area contributed by atoms with E-state index in [1.807, 2.05) is 0 Å². The van der Waals surface area contributed by atoms with Gasteiger partial charge in [0.2, 0.25) is 0 Å². The first kappa shape index (κ1) is 12.9. The van der Waals surface area contributed by atoms with Gasteiger partial charge in [-0.1, -0.05) is 13.8 Å². The summed E-state index contributed by atoms with van der Waals surface area (Å²) in [5.74, 6) is 0.614. The maximum atomic E-state index is 9.14. The zero-order valence-corrected chi connectivity index (χ0v) is 9.33. The minimum Gasteiger partial charge on any atom is -0.395 e. The van der Waals surface area contributed by atoms with E-state index in [1.165, 1.54) is 0 Å². The Bertz CT molecular complexity index is 122. The standard InChI is InChI=1S/C10H24N2O/c1-8(2)6-12(9(3)4)10(5-11)7-13/h8-10,13H,5-7,11H2,1-4H3. The summed E-state index contributed by atoms with van der Waals surface area (Å²) < 4.78 is 0. The maximum absolute atomic E-state index is 9.14. The molecule has 0 heterocycles. The van der Waals surface area contributed by atoms with Crippen LogP contribution in [0.5, 0.6) is 0 Å². The molecule has 0 aliphatic carbocycles. The first-order valence-corrected chi connectivity index (χ1v) is 5.09. The Kier molecular flexibility index (Phi) is 6.29. The molecule has 0 rings (SSSR count). The van der Waals surface area contributed by atoms with E-state index in [1.54, 1.807) is 0 Å². The number of aliphatic hydroxyl groups excluding tert-OH is 1. The van der Waals surface area contributed by atoms with E-state index < -0.39 is 0 Å². The highest BCUT2D eigenvalue weighted by atomic mass is 16.3. The highest BCUT2D eigenvalue weighted by molar-refractivity contribution is 4.75. The molecular formula is C10H24N2O. The van der Waals surface area contributed by atoms with Crippen molar-refractivity contribution >= 4 is 0 Å². The summed E-state index contributed by atoms with van der Waals surface area (Å²) in [6.45, 7) is 10.3. The summed E-state index contributed by atoms with van der Waals surface area (Å²) in [6.07, 6.45) is 0. The van der Waals surface area contributed by atoms with Crippen molar-refractivity contribution in [3.05, 3.63) is 0 Å². The summed E-state index contributed by atoms with van der Waals surface area (Å²) in [6, 6.07) is 0.561. The van der Waals surface area contributed by atoms with Crippen LogP contribution in [0.25, 0.3) is 0 Å². The topological polar surface area (TPSA) is 49.5 Å². The van der Waals surface area contributed by atoms with Crippen molar-refractivity contribution in [1.29, 1.82) is 0 Å². The predicted molar refractivity (Wildman–Crippen MR) is 56.6 cm³/mol. The Morgan fingerprint density at radius 3 is 2.00 bits per heavy atom. The molecule has 3 nitrogen and oxygen atoms in total. The first-order chi connectivity index (χ1) is 6.02. The van der Waals surface area contributed by atoms with E-state index in [0.29, 0.717) is 18.5 Å². The molecule has 0 bridgehead atoms. The van der Waals surface area contributed by atoms with Crippen LogP contribution in [-0.2, 0) is 0 Å². The third-order valence-corrected chi connectivity index (χ3v) is 2.19. The monoisotopic (exact) mass is 188 g/mol. The normalized spacial score (nSPS) is 14.5. The van der Waals surface area contributed by atoms with Crippen molar-refractivity contribution in [3.63, 3.8) is 0 Å². The van der Waals surface area contributed by atoms with Gasteiger partial charge in [-0.15, -0.1) is 0 Å². The Morgan fingerprint density at radius 1 is 1.23 bits per heavy atom. The van der Waals surface area contributed by atoms with Crippen LogP contribution < -0.4 is 5.73 Å². The summed E-state index contributed by atoms with van der Waals surface area (Å²) >= 11 is 0. The van der Waals surface area contributed by atoms with Crippen molar-refractivity contribution in [2.24, 2.45) is 11.7 Å². The lowest BCUT2D eigenvalue weighted by Crippen LogP contribution is -2.48. The number of aliphatic hydroxyl groups is 1. The minimum atomic E-state index is 0.113. The van der Waals surface area contributed by atoms with E-state index in [0.717, 1.165) is 6.54 Å². The SMILES string of the molecule is CC(C)CN(C(C)C)C(CN)CO. The van der Waals surface area contributed by atoms with Gasteiger partial charge in [-0.3, -0.25) is 4.90 Å². The molecule has 3 N–H and O–H groups in total. The minimum absolute atomic E-state index is 0.113. The fourth-order valence-corrected chi connectivity index (χ4v) is 1.52. The largest absolute Gasteiger partial charge is 0.395 e. The quantitative estimate of drug-likeness (QED) is 0.644. The number of nitrogens with two attached hydrogens (primary N) is 1. The van der Waals surface area contributed by atoms with E-state index in [9.17, 15) is 0 Å². The molecule has 0 aromatic carbocycles. The molecule has 1 atom stereocenters. The van der Waals surface area contributed by atoms with Crippen LogP contribution in [-0.4, -0.2) is 41.8 Å². The van der Waals surface area contributed by atoms with Crippen LogP contribution >= 0.6 is 0 Å². The van der Waals surface area contributed by atoms with Crippen LogP contribution in [0.4, 0.5) is 0 Å². The molecule has 0 aliphatic rings. The third kappa shape index (κ3) is 4.60. The van der Waals surface area contributed by atoms with Crippen LogP contribution in [0, 0.1) is 5.92 Å². The van der Waals surface area contributed by atoms with Crippen LogP contribution in [0.1, 0.15) is 27.7 Å². The summed E-state index contributed by atoms with van der Waals surface area (Å²) in [4.78, 5) is 2.27. The lowest BCUT2D eigenvalue weighted by molar-refractivity contribution is 0.0888. The molecule has 0 aliphatic heterocycles. The van der Waals surface area contributed by atoms with Crippen molar-refractivity contribution in [1.82, 2.24) is 4.90 Å². The molecule has 13 heavy (non-hydrogen) atoms. The average Bonchev–Trinajstić information content (AvgIpc) is 2.04. The number of hydrogen-bond acceptors (Lipinski definition) is 3. The second kappa shape index (κ2) is 6.35. The Balaban J connectivity index is 4.21. The Morgan fingerprint density at radius 2 is 1.77 bits per heavy atom. The maximum Gasteiger partial charge on any atom is 0.0599 e. The van der Waals surface area contributed by atoms with E-state index >= 15 is 0 Å². The molecule has 0 saturated heterocycles. The van der Waals surface area contributed by atoms with Gasteiger partial charge in [0.1, 0.15) is 0 Å². The molecule has 0 radical (unpaired) electrons. The van der Waals surface area contributed by atoms with Gasteiger partial charge in [0.05, 0.1) is 6.61 Å². The van der Waals surface area contributed by atoms with Crippen molar-refractivity contribution in [3.8, 4) is 0 Å². The predicted octanol–water partition coefficient (Wildman–Crippen LogP) is 0.672. The lowest BCUT2D eigenvalue weighted by atomic mass is 10.1. The fraction of sp³-hybridized carbons (Fsp3) is 1.00. The molecule has 0 spiro atoms. The molecule has 0 amide bonds. The van der Waals surface area contributed by atoms with Gasteiger partial charge in [-0.05, 0) is 19.8 Å². The van der Waals surface area contributed by atoms with Gasteiger partial charge in [-0.2, -0.15) is 0 Å². The second-order valence-electron chi connectivity index (χ2n) is 4.26. The van der Waals surface area contributed by atoms with Gasteiger partial charge in [0.15, 0.2) is 0 Å². The van der Waals surface area contributed by atoms with Crippen LogP contribution in [0.2, 0.25) is 0 Å². The first-order valence-electron chi connectivity index (χ1n) is 5.09. The van der Waals surface area contributed by atoms with Crippen molar-refractivity contribution < 1.29 is 5.11 Å². The Labute approximate surface area is 81.9 Å². The second-order valence-corrected chi connectivity index (χ2v) is 4.26. The zero-order chi connectivity index (χ0) is 10.4. The van der Waals surface area contributed by atoms with Gasteiger partial charge in [-0.25, -0.2) is 0 Å². The van der Waals surface area contributed by atoms with Crippen LogP contribution in [0.3, 0.4) is 0 Å². The van der Waals surface area contributed by atoms with Crippen LogP contribution in [0.15, 0.2) is 0 Å². The Hall–Kier alpha value is -0.120. The fourth-order valence-electron chi connectivity index (χ4n) is 1.52. The van der Waals surface area contributed by atoms with E-state index in [2.05, 4.69) is 32.6 Å². The molecule has 0 aromatic heterocycles. The molecule has 3 heteroatoms. The van der Waals surface area contributed by atoms with E-state index in [-0.39, 0.29) is 12.6 Å². The molecule has 80 valence electrons.